The third-order valence-electron chi connectivity index (χ3n) is 3.99. The van der Waals surface area contributed by atoms with Crippen molar-refractivity contribution in [3.05, 3.63) is 23.9 Å². The van der Waals surface area contributed by atoms with Crippen LogP contribution < -0.4 is 15.4 Å². The topological polar surface area (TPSA) is 71.0 Å². The number of halogens is 4. The third kappa shape index (κ3) is 11.4. The molecule has 29 heavy (non-hydrogen) atoms. The zero-order chi connectivity index (χ0) is 20.2. The molecule has 166 valence electrons. The number of alkyl halides is 3. The Balaban J connectivity index is 0.00000420. The first-order valence-electron chi connectivity index (χ1n) is 9.43. The zero-order valence-corrected chi connectivity index (χ0v) is 18.8. The summed E-state index contributed by atoms with van der Waals surface area (Å²) < 4.78 is 46.4. The fraction of sp³-hybridized carbons (Fsp3) is 0.667. The molecule has 2 N–H and O–H groups in total. The zero-order valence-electron chi connectivity index (χ0n) is 16.5. The van der Waals surface area contributed by atoms with Gasteiger partial charge in [-0.25, -0.2) is 9.98 Å². The number of aromatic nitrogens is 1. The second kappa shape index (κ2) is 13.8. The SMILES string of the molecule is CCNC(=NCc1ccc(OCC(F)(F)F)nc1)NCCCN1CCOCC1.I. The highest BCUT2D eigenvalue weighted by Gasteiger charge is 2.28. The van der Waals surface area contributed by atoms with Gasteiger partial charge in [0.1, 0.15) is 0 Å². The van der Waals surface area contributed by atoms with Crippen LogP contribution >= 0.6 is 24.0 Å². The van der Waals surface area contributed by atoms with E-state index in [2.05, 4.69) is 30.2 Å². The lowest BCUT2D eigenvalue weighted by Crippen LogP contribution is -2.40. The molecular weight excluding hydrogens is 502 g/mol. The predicted octanol–water partition coefficient (Wildman–Crippen LogP) is 2.42. The standard InChI is InChI=1S/C18H28F3N5O2.HI/c1-2-22-17(23-6-3-7-26-8-10-27-11-9-26)25-13-15-4-5-16(24-12-15)28-14-18(19,20)21;/h4-5,12H,2-3,6-11,13-14H2,1H3,(H2,22,23,25);1H. The lowest BCUT2D eigenvalue weighted by Gasteiger charge is -2.26. The number of hydrogen-bond acceptors (Lipinski definition) is 5. The molecule has 0 bridgehead atoms. The minimum absolute atomic E-state index is 0. The molecular formula is C18H29F3IN5O2. The molecule has 1 fully saturated rings. The first kappa shape index (κ1) is 25.7. The van der Waals surface area contributed by atoms with Gasteiger partial charge in [0.15, 0.2) is 12.6 Å². The predicted molar refractivity (Wildman–Crippen MR) is 116 cm³/mol. The quantitative estimate of drug-likeness (QED) is 0.221. The number of morpholine rings is 1. The van der Waals surface area contributed by atoms with Crippen LogP contribution in [0.2, 0.25) is 0 Å². The molecule has 7 nitrogen and oxygen atoms in total. The van der Waals surface area contributed by atoms with Crippen molar-refractivity contribution in [1.82, 2.24) is 20.5 Å². The number of nitrogens with one attached hydrogen (secondary N) is 2. The summed E-state index contributed by atoms with van der Waals surface area (Å²) in [4.78, 5) is 10.7. The third-order valence-corrected chi connectivity index (χ3v) is 3.99. The molecule has 1 aromatic rings. The van der Waals surface area contributed by atoms with Crippen molar-refractivity contribution in [3.63, 3.8) is 0 Å². The minimum atomic E-state index is -4.38. The van der Waals surface area contributed by atoms with Crippen molar-refractivity contribution in [2.45, 2.75) is 26.1 Å². The molecule has 1 aromatic heterocycles. The van der Waals surface area contributed by atoms with Gasteiger partial charge in [0.25, 0.3) is 0 Å². The van der Waals surface area contributed by atoms with Crippen LogP contribution in [0.3, 0.4) is 0 Å². The van der Waals surface area contributed by atoms with E-state index in [-0.39, 0.29) is 29.9 Å². The fourth-order valence-electron chi connectivity index (χ4n) is 2.59. The van der Waals surface area contributed by atoms with Gasteiger partial charge >= 0.3 is 6.18 Å². The van der Waals surface area contributed by atoms with Crippen LogP contribution in [0.25, 0.3) is 0 Å². The molecule has 2 rings (SSSR count). The van der Waals surface area contributed by atoms with E-state index < -0.39 is 12.8 Å². The molecule has 0 aromatic carbocycles. The van der Waals surface area contributed by atoms with E-state index in [1.165, 1.54) is 12.3 Å². The number of hydrogen-bond donors (Lipinski definition) is 2. The van der Waals surface area contributed by atoms with E-state index in [4.69, 9.17) is 4.74 Å². The number of nitrogens with zero attached hydrogens (tertiary/aromatic N) is 3. The van der Waals surface area contributed by atoms with Crippen LogP contribution in [0, 0.1) is 0 Å². The summed E-state index contributed by atoms with van der Waals surface area (Å²) in [5, 5.41) is 6.46. The Hall–Kier alpha value is -1.34. The number of pyridine rings is 1. The molecule has 0 atom stereocenters. The highest BCUT2D eigenvalue weighted by molar-refractivity contribution is 14.0. The largest absolute Gasteiger partial charge is 0.468 e. The van der Waals surface area contributed by atoms with Crippen LogP contribution in [-0.4, -0.2) is 74.6 Å². The van der Waals surface area contributed by atoms with Gasteiger partial charge < -0.3 is 20.1 Å². The van der Waals surface area contributed by atoms with Crippen LogP contribution in [-0.2, 0) is 11.3 Å². The molecule has 2 heterocycles. The van der Waals surface area contributed by atoms with Gasteiger partial charge in [0.2, 0.25) is 5.88 Å². The Morgan fingerprint density at radius 1 is 1.28 bits per heavy atom. The molecule has 0 saturated carbocycles. The van der Waals surface area contributed by atoms with E-state index in [9.17, 15) is 13.2 Å². The summed E-state index contributed by atoms with van der Waals surface area (Å²) in [7, 11) is 0. The van der Waals surface area contributed by atoms with Crippen molar-refractivity contribution in [1.29, 1.82) is 0 Å². The summed E-state index contributed by atoms with van der Waals surface area (Å²) in [5.74, 6) is 0.639. The van der Waals surface area contributed by atoms with Gasteiger partial charge in [-0.2, -0.15) is 13.2 Å². The van der Waals surface area contributed by atoms with Crippen molar-refractivity contribution in [2.75, 3.05) is 52.5 Å². The molecule has 1 saturated heterocycles. The lowest BCUT2D eigenvalue weighted by atomic mass is 10.3. The minimum Gasteiger partial charge on any atom is -0.468 e. The summed E-state index contributed by atoms with van der Waals surface area (Å²) in [6.07, 6.45) is -1.91. The lowest BCUT2D eigenvalue weighted by molar-refractivity contribution is -0.154. The maximum Gasteiger partial charge on any atom is 0.422 e. The summed E-state index contributed by atoms with van der Waals surface area (Å²) >= 11 is 0. The highest BCUT2D eigenvalue weighted by Crippen LogP contribution is 2.17. The summed E-state index contributed by atoms with van der Waals surface area (Å²) in [5.41, 5.74) is 0.782. The Kier molecular flexibility index (Phi) is 12.2. The van der Waals surface area contributed by atoms with Crippen LogP contribution in [0.5, 0.6) is 5.88 Å². The normalized spacial score (nSPS) is 15.5. The van der Waals surface area contributed by atoms with Gasteiger partial charge in [-0.3, -0.25) is 4.90 Å². The number of rotatable bonds is 9. The Morgan fingerprint density at radius 3 is 2.66 bits per heavy atom. The molecule has 11 heteroatoms. The van der Waals surface area contributed by atoms with Gasteiger partial charge in [-0.15, -0.1) is 24.0 Å². The molecule has 1 aliphatic rings. The fourth-order valence-corrected chi connectivity index (χ4v) is 2.59. The Labute approximate surface area is 186 Å². The van der Waals surface area contributed by atoms with E-state index in [0.29, 0.717) is 12.5 Å². The molecule has 0 aliphatic carbocycles. The van der Waals surface area contributed by atoms with Gasteiger partial charge in [-0.1, -0.05) is 6.07 Å². The van der Waals surface area contributed by atoms with E-state index >= 15 is 0 Å². The van der Waals surface area contributed by atoms with Crippen molar-refractivity contribution >= 4 is 29.9 Å². The van der Waals surface area contributed by atoms with E-state index in [1.807, 2.05) is 6.92 Å². The number of ether oxygens (including phenoxy) is 2. The first-order chi connectivity index (χ1) is 13.5. The van der Waals surface area contributed by atoms with Gasteiger partial charge in [0.05, 0.1) is 19.8 Å². The summed E-state index contributed by atoms with van der Waals surface area (Å²) in [6.45, 7) is 7.09. The second-order valence-corrected chi connectivity index (χ2v) is 6.34. The van der Waals surface area contributed by atoms with Crippen molar-refractivity contribution in [2.24, 2.45) is 4.99 Å². The summed E-state index contributed by atoms with van der Waals surface area (Å²) in [6, 6.07) is 3.07. The van der Waals surface area contributed by atoms with Gasteiger partial charge in [-0.05, 0) is 25.5 Å². The van der Waals surface area contributed by atoms with Crippen LogP contribution in [0.1, 0.15) is 18.9 Å². The first-order valence-corrected chi connectivity index (χ1v) is 9.43. The average molecular weight is 531 g/mol. The van der Waals surface area contributed by atoms with Crippen LogP contribution in [0.4, 0.5) is 13.2 Å². The molecule has 0 spiro atoms. The average Bonchev–Trinajstić information content (AvgIpc) is 2.68. The van der Waals surface area contributed by atoms with Crippen LogP contribution in [0.15, 0.2) is 23.3 Å². The second-order valence-electron chi connectivity index (χ2n) is 6.34. The Bertz CT molecular complexity index is 596. The highest BCUT2D eigenvalue weighted by atomic mass is 127. The van der Waals surface area contributed by atoms with E-state index in [0.717, 1.165) is 57.9 Å². The van der Waals surface area contributed by atoms with Gasteiger partial charge in [0, 0.05) is 38.4 Å². The molecule has 0 unspecified atom stereocenters. The van der Waals surface area contributed by atoms with Crippen molar-refractivity contribution < 1.29 is 22.6 Å². The number of aliphatic imine (C=N–C) groups is 1. The van der Waals surface area contributed by atoms with Crippen molar-refractivity contribution in [3.8, 4) is 5.88 Å². The smallest absolute Gasteiger partial charge is 0.422 e. The van der Waals surface area contributed by atoms with E-state index in [1.54, 1.807) is 6.07 Å². The maximum absolute atomic E-state index is 12.1. The monoisotopic (exact) mass is 531 g/mol. The Morgan fingerprint density at radius 2 is 2.03 bits per heavy atom. The molecule has 1 aliphatic heterocycles. The number of guanidine groups is 1. The molecule has 0 radical (unpaired) electrons. The maximum atomic E-state index is 12.1. The molecule has 0 amide bonds.